The van der Waals surface area contributed by atoms with Crippen molar-refractivity contribution in [1.82, 2.24) is 4.98 Å². The molecule has 1 heterocycles. The van der Waals surface area contributed by atoms with Crippen molar-refractivity contribution < 1.29 is 0 Å². The summed E-state index contributed by atoms with van der Waals surface area (Å²) in [5, 5.41) is 0. The molecule has 0 amide bonds. The molecule has 114 valence electrons. The number of aromatic nitrogens is 1. The quantitative estimate of drug-likeness (QED) is 0.791. The second-order valence-corrected chi connectivity index (χ2v) is 6.55. The Labute approximate surface area is 124 Å². The maximum absolute atomic E-state index is 6.13. The van der Waals surface area contributed by atoms with Crippen LogP contribution in [0.4, 0.5) is 5.82 Å². The Morgan fingerprint density at radius 1 is 1.15 bits per heavy atom. The van der Waals surface area contributed by atoms with Crippen LogP contribution in [0.25, 0.3) is 0 Å². The van der Waals surface area contributed by atoms with Gasteiger partial charge in [0.2, 0.25) is 0 Å². The van der Waals surface area contributed by atoms with Crippen molar-refractivity contribution in [3.05, 3.63) is 23.9 Å². The average Bonchev–Trinajstić information content (AvgIpc) is 2.37. The molecule has 0 saturated heterocycles. The van der Waals surface area contributed by atoms with Gasteiger partial charge >= 0.3 is 0 Å². The molecular formula is C17H31N3. The summed E-state index contributed by atoms with van der Waals surface area (Å²) in [4.78, 5) is 7.07. The van der Waals surface area contributed by atoms with Crippen molar-refractivity contribution in [3.63, 3.8) is 0 Å². The van der Waals surface area contributed by atoms with Gasteiger partial charge in [0.05, 0.1) is 0 Å². The topological polar surface area (TPSA) is 42.1 Å². The predicted octanol–water partition coefficient (Wildman–Crippen LogP) is 3.48. The van der Waals surface area contributed by atoms with Crippen LogP contribution in [0.3, 0.4) is 0 Å². The molecule has 20 heavy (non-hydrogen) atoms. The minimum atomic E-state index is 0.220. The van der Waals surface area contributed by atoms with Gasteiger partial charge in [-0.25, -0.2) is 4.98 Å². The molecule has 3 nitrogen and oxygen atoms in total. The third-order valence-electron chi connectivity index (χ3n) is 3.34. The van der Waals surface area contributed by atoms with Crippen LogP contribution in [-0.2, 0) is 6.42 Å². The number of nitrogens with zero attached hydrogens (tertiary/aromatic N) is 2. The van der Waals surface area contributed by atoms with Gasteiger partial charge in [0.15, 0.2) is 0 Å². The molecule has 2 N–H and O–H groups in total. The lowest BCUT2D eigenvalue weighted by atomic mass is 10.0. The van der Waals surface area contributed by atoms with Crippen molar-refractivity contribution >= 4 is 5.82 Å². The number of hydrogen-bond acceptors (Lipinski definition) is 3. The molecule has 3 heteroatoms. The molecule has 0 radical (unpaired) electrons. The highest BCUT2D eigenvalue weighted by molar-refractivity contribution is 5.47. The fourth-order valence-electron chi connectivity index (χ4n) is 2.43. The lowest BCUT2D eigenvalue weighted by molar-refractivity contribution is 0.545. The highest BCUT2D eigenvalue weighted by Gasteiger charge is 2.16. The summed E-state index contributed by atoms with van der Waals surface area (Å²) in [6.07, 6.45) is 3.80. The summed E-state index contributed by atoms with van der Waals surface area (Å²) in [6, 6.07) is 4.41. The van der Waals surface area contributed by atoms with Gasteiger partial charge in [-0.3, -0.25) is 0 Å². The minimum absolute atomic E-state index is 0.220. The third kappa shape index (κ3) is 5.49. The summed E-state index contributed by atoms with van der Waals surface area (Å²) >= 11 is 0. The zero-order valence-corrected chi connectivity index (χ0v) is 13.8. The fraction of sp³-hybridized carbons (Fsp3) is 0.706. The van der Waals surface area contributed by atoms with E-state index in [1.165, 1.54) is 5.56 Å². The Morgan fingerprint density at radius 3 is 2.25 bits per heavy atom. The number of rotatable bonds is 8. The van der Waals surface area contributed by atoms with Crippen molar-refractivity contribution in [1.29, 1.82) is 0 Å². The molecule has 0 fully saturated rings. The van der Waals surface area contributed by atoms with E-state index in [2.05, 4.69) is 50.6 Å². The maximum Gasteiger partial charge on any atom is 0.131 e. The van der Waals surface area contributed by atoms with E-state index < -0.39 is 0 Å². The highest BCUT2D eigenvalue weighted by atomic mass is 15.2. The van der Waals surface area contributed by atoms with Gasteiger partial charge in [-0.05, 0) is 36.3 Å². The molecule has 0 aliphatic heterocycles. The molecular weight excluding hydrogens is 246 g/mol. The van der Waals surface area contributed by atoms with E-state index in [9.17, 15) is 0 Å². The van der Waals surface area contributed by atoms with Gasteiger partial charge in [0, 0.05) is 25.3 Å². The zero-order valence-electron chi connectivity index (χ0n) is 13.8. The van der Waals surface area contributed by atoms with E-state index in [1.807, 2.05) is 12.3 Å². The average molecular weight is 277 g/mol. The minimum Gasteiger partial charge on any atom is -0.356 e. The Kier molecular flexibility index (Phi) is 7.00. The molecule has 1 aromatic rings. The van der Waals surface area contributed by atoms with Gasteiger partial charge in [-0.1, -0.05) is 40.7 Å². The Balaban J connectivity index is 2.98. The molecule has 0 aromatic carbocycles. The number of anilines is 1. The van der Waals surface area contributed by atoms with Gasteiger partial charge < -0.3 is 10.6 Å². The largest absolute Gasteiger partial charge is 0.356 e. The molecule has 0 saturated carbocycles. The van der Waals surface area contributed by atoms with Crippen molar-refractivity contribution in [2.45, 2.75) is 53.5 Å². The van der Waals surface area contributed by atoms with Crippen LogP contribution < -0.4 is 10.6 Å². The lowest BCUT2D eigenvalue weighted by Gasteiger charge is -2.29. The molecule has 0 aliphatic rings. The van der Waals surface area contributed by atoms with Gasteiger partial charge in [-0.2, -0.15) is 0 Å². The third-order valence-corrected chi connectivity index (χ3v) is 3.34. The van der Waals surface area contributed by atoms with Crippen LogP contribution in [0.1, 0.15) is 46.6 Å². The number of nitrogens with two attached hydrogens (primary N) is 1. The molecule has 1 atom stereocenters. The van der Waals surface area contributed by atoms with E-state index in [0.717, 1.165) is 31.7 Å². The molecule has 0 bridgehead atoms. The van der Waals surface area contributed by atoms with Crippen molar-refractivity contribution in [3.8, 4) is 0 Å². The molecule has 1 unspecified atom stereocenters. The summed E-state index contributed by atoms with van der Waals surface area (Å²) in [7, 11) is 0. The predicted molar refractivity (Wildman–Crippen MR) is 88.1 cm³/mol. The molecule has 1 rings (SSSR count). The Hall–Kier alpha value is -1.09. The summed E-state index contributed by atoms with van der Waals surface area (Å²) in [5.41, 5.74) is 7.41. The monoisotopic (exact) mass is 277 g/mol. The second kappa shape index (κ2) is 8.25. The van der Waals surface area contributed by atoms with E-state index in [0.29, 0.717) is 11.8 Å². The van der Waals surface area contributed by atoms with E-state index in [-0.39, 0.29) is 6.04 Å². The Morgan fingerprint density at radius 2 is 1.75 bits per heavy atom. The maximum atomic E-state index is 6.13. The molecule has 1 aromatic heterocycles. The fourth-order valence-corrected chi connectivity index (χ4v) is 2.43. The van der Waals surface area contributed by atoms with Crippen LogP contribution in [0.5, 0.6) is 0 Å². The smallest absolute Gasteiger partial charge is 0.131 e. The van der Waals surface area contributed by atoms with E-state index in [4.69, 9.17) is 5.73 Å². The van der Waals surface area contributed by atoms with Crippen molar-refractivity contribution in [2.24, 2.45) is 17.6 Å². The first-order valence-corrected chi connectivity index (χ1v) is 7.88. The highest BCUT2D eigenvalue weighted by Crippen LogP contribution is 2.21. The number of pyridine rings is 1. The molecule has 0 spiro atoms. The second-order valence-electron chi connectivity index (χ2n) is 6.55. The Bertz CT molecular complexity index is 378. The van der Waals surface area contributed by atoms with Crippen LogP contribution in [0.2, 0.25) is 0 Å². The summed E-state index contributed by atoms with van der Waals surface area (Å²) < 4.78 is 0. The van der Waals surface area contributed by atoms with Crippen LogP contribution in [0, 0.1) is 11.8 Å². The van der Waals surface area contributed by atoms with Gasteiger partial charge in [0.25, 0.3) is 0 Å². The van der Waals surface area contributed by atoms with Crippen molar-refractivity contribution in [2.75, 3.05) is 18.0 Å². The van der Waals surface area contributed by atoms with Gasteiger partial charge in [0.1, 0.15) is 5.82 Å². The first-order chi connectivity index (χ1) is 9.43. The summed E-state index contributed by atoms with van der Waals surface area (Å²) in [5.74, 6) is 2.38. The number of hydrogen-bond donors (Lipinski definition) is 1. The van der Waals surface area contributed by atoms with Crippen LogP contribution in [-0.4, -0.2) is 24.1 Å². The van der Waals surface area contributed by atoms with E-state index >= 15 is 0 Å². The summed E-state index contributed by atoms with van der Waals surface area (Å²) in [6.45, 7) is 13.3. The first kappa shape index (κ1) is 17.0. The first-order valence-electron chi connectivity index (χ1n) is 7.88. The van der Waals surface area contributed by atoms with Crippen LogP contribution in [0.15, 0.2) is 18.3 Å². The van der Waals surface area contributed by atoms with E-state index in [1.54, 1.807) is 0 Å². The SMILES string of the molecule is CCC(N)Cc1cccnc1N(CC(C)C)CC(C)C. The van der Waals surface area contributed by atoms with Crippen LogP contribution >= 0.6 is 0 Å². The molecule has 0 aliphatic carbocycles. The standard InChI is InChI=1S/C17H31N3/c1-6-16(18)10-15-8-7-9-19-17(15)20(11-13(2)3)12-14(4)5/h7-9,13-14,16H,6,10-12,18H2,1-5H3. The van der Waals surface area contributed by atoms with Gasteiger partial charge in [-0.15, -0.1) is 0 Å². The lowest BCUT2D eigenvalue weighted by Crippen LogP contribution is -2.33. The normalized spacial score (nSPS) is 13.0. The zero-order chi connectivity index (χ0) is 15.1.